The monoisotopic (exact) mass is 400 g/mol. The summed E-state index contributed by atoms with van der Waals surface area (Å²) < 4.78 is 24.5. The zero-order valence-electron chi connectivity index (χ0n) is 16.5. The second-order valence-electron chi connectivity index (χ2n) is 7.21. The Labute approximate surface area is 169 Å². The van der Waals surface area contributed by atoms with Gasteiger partial charge in [0.2, 0.25) is 5.91 Å². The number of carbonyl (C=O) groups is 1. The molecule has 2 saturated heterocycles. The summed E-state index contributed by atoms with van der Waals surface area (Å²) in [6, 6.07) is 10.1. The van der Waals surface area contributed by atoms with Gasteiger partial charge < -0.3 is 19.7 Å². The van der Waals surface area contributed by atoms with Crippen molar-refractivity contribution in [2.45, 2.75) is 18.4 Å². The second kappa shape index (κ2) is 8.26. The molecule has 1 unspecified atom stereocenters. The predicted octanol–water partition coefficient (Wildman–Crippen LogP) is 2.25. The predicted molar refractivity (Wildman–Crippen MR) is 109 cm³/mol. The van der Waals surface area contributed by atoms with Crippen LogP contribution in [0.5, 0.6) is 11.5 Å². The number of nitrogens with one attached hydrogen (secondary N) is 3. The number of rotatable bonds is 6. The largest absolute Gasteiger partial charge is 0.496 e. The van der Waals surface area contributed by atoms with Crippen molar-refractivity contribution in [1.82, 2.24) is 10.9 Å². The van der Waals surface area contributed by atoms with Crippen molar-refractivity contribution in [2.24, 2.45) is 0 Å². The van der Waals surface area contributed by atoms with Crippen LogP contribution < -0.4 is 30.5 Å². The smallest absolute Gasteiger partial charge is 0.249 e. The molecule has 1 amide bonds. The Kier molecular flexibility index (Phi) is 5.55. The van der Waals surface area contributed by atoms with Gasteiger partial charge in [-0.05, 0) is 30.2 Å². The van der Waals surface area contributed by atoms with Crippen LogP contribution in [0.1, 0.15) is 17.9 Å². The summed E-state index contributed by atoms with van der Waals surface area (Å²) >= 11 is 0. The maximum absolute atomic E-state index is 13.9. The van der Waals surface area contributed by atoms with Gasteiger partial charge in [-0.15, -0.1) is 0 Å². The van der Waals surface area contributed by atoms with Crippen LogP contribution in [0.4, 0.5) is 15.8 Å². The normalized spacial score (nSPS) is 19.6. The fourth-order valence-corrected chi connectivity index (χ4v) is 3.92. The molecule has 8 heteroatoms. The second-order valence-corrected chi connectivity index (χ2v) is 7.21. The molecule has 29 heavy (non-hydrogen) atoms. The van der Waals surface area contributed by atoms with Gasteiger partial charge in [0.25, 0.3) is 0 Å². The molecule has 0 bridgehead atoms. The number of benzene rings is 2. The standard InChI is InChI=1S/C21H25FN4O3/c1-28-19-6-3-14(9-17(19)22)25-18-7-8-26(21(18)27)15-4-5-16(20(10-15)29-2)13-11-23-24-12-13/h3-6,9-10,13,18,23-25H,7-8,11-12H2,1-2H3. The molecule has 154 valence electrons. The topological polar surface area (TPSA) is 74.9 Å². The highest BCUT2D eigenvalue weighted by atomic mass is 19.1. The van der Waals surface area contributed by atoms with E-state index in [1.54, 1.807) is 24.1 Å². The molecule has 1 atom stereocenters. The van der Waals surface area contributed by atoms with E-state index in [-0.39, 0.29) is 11.7 Å². The summed E-state index contributed by atoms with van der Waals surface area (Å²) in [6.45, 7) is 2.26. The number of hydrazine groups is 1. The van der Waals surface area contributed by atoms with Gasteiger partial charge in [0.1, 0.15) is 11.8 Å². The molecular formula is C21H25FN4O3. The maximum Gasteiger partial charge on any atom is 0.249 e. The Bertz CT molecular complexity index is 901. The Balaban J connectivity index is 1.49. The Morgan fingerprint density at radius 1 is 1.07 bits per heavy atom. The highest BCUT2D eigenvalue weighted by Gasteiger charge is 2.33. The number of hydrogen-bond acceptors (Lipinski definition) is 6. The summed E-state index contributed by atoms with van der Waals surface area (Å²) in [6.07, 6.45) is 0.632. The molecule has 0 aliphatic carbocycles. The first-order chi connectivity index (χ1) is 14.1. The van der Waals surface area contributed by atoms with Crippen molar-refractivity contribution < 1.29 is 18.7 Å². The SMILES string of the molecule is COc1ccc(NC2CCN(c3ccc(C4CNNC4)c(OC)c3)C2=O)cc1F. The third kappa shape index (κ3) is 3.86. The summed E-state index contributed by atoms with van der Waals surface area (Å²) in [4.78, 5) is 14.7. The van der Waals surface area contributed by atoms with Gasteiger partial charge in [-0.1, -0.05) is 6.07 Å². The lowest BCUT2D eigenvalue weighted by Crippen LogP contribution is -2.33. The number of methoxy groups -OCH3 is 2. The molecule has 2 aliphatic heterocycles. The van der Waals surface area contributed by atoms with Crippen LogP contribution in [-0.4, -0.2) is 45.8 Å². The van der Waals surface area contributed by atoms with Crippen molar-refractivity contribution in [2.75, 3.05) is 44.1 Å². The molecule has 3 N–H and O–H groups in total. The number of carbonyl (C=O) groups excluding carboxylic acids is 1. The molecule has 0 spiro atoms. The molecule has 2 fully saturated rings. The molecule has 2 aliphatic rings. The number of halogens is 1. The Hall–Kier alpha value is -2.84. The van der Waals surface area contributed by atoms with Crippen LogP contribution in [0.25, 0.3) is 0 Å². The number of amides is 1. The van der Waals surface area contributed by atoms with E-state index in [1.807, 2.05) is 18.2 Å². The van der Waals surface area contributed by atoms with Gasteiger partial charge in [-0.2, -0.15) is 0 Å². The summed E-state index contributed by atoms with van der Waals surface area (Å²) in [5.41, 5.74) is 8.73. The zero-order valence-corrected chi connectivity index (χ0v) is 16.5. The van der Waals surface area contributed by atoms with E-state index in [9.17, 15) is 9.18 Å². The average molecular weight is 400 g/mol. The van der Waals surface area contributed by atoms with Crippen LogP contribution in [0.3, 0.4) is 0 Å². The highest BCUT2D eigenvalue weighted by molar-refractivity contribution is 6.01. The lowest BCUT2D eigenvalue weighted by Gasteiger charge is -2.21. The molecule has 0 saturated carbocycles. The minimum atomic E-state index is -0.462. The average Bonchev–Trinajstić information content (AvgIpc) is 3.38. The van der Waals surface area contributed by atoms with Gasteiger partial charge in [-0.25, -0.2) is 4.39 Å². The van der Waals surface area contributed by atoms with E-state index < -0.39 is 11.9 Å². The lowest BCUT2D eigenvalue weighted by molar-refractivity contribution is -0.117. The number of anilines is 2. The highest BCUT2D eigenvalue weighted by Crippen LogP contribution is 2.33. The van der Waals surface area contributed by atoms with Gasteiger partial charge in [0, 0.05) is 49.1 Å². The first-order valence-corrected chi connectivity index (χ1v) is 9.66. The Morgan fingerprint density at radius 2 is 1.83 bits per heavy atom. The molecular weight excluding hydrogens is 375 g/mol. The van der Waals surface area contributed by atoms with Gasteiger partial charge in [0.15, 0.2) is 11.6 Å². The van der Waals surface area contributed by atoms with E-state index in [1.165, 1.54) is 13.2 Å². The van der Waals surface area contributed by atoms with E-state index in [0.717, 1.165) is 30.1 Å². The molecule has 7 nitrogen and oxygen atoms in total. The first-order valence-electron chi connectivity index (χ1n) is 9.66. The van der Waals surface area contributed by atoms with E-state index in [2.05, 4.69) is 16.2 Å². The molecule has 4 rings (SSSR count). The van der Waals surface area contributed by atoms with Crippen molar-refractivity contribution in [3.63, 3.8) is 0 Å². The zero-order chi connectivity index (χ0) is 20.4. The van der Waals surface area contributed by atoms with Crippen molar-refractivity contribution in [3.05, 3.63) is 47.8 Å². The number of hydrogen-bond donors (Lipinski definition) is 3. The van der Waals surface area contributed by atoms with Crippen LogP contribution in [0.2, 0.25) is 0 Å². The minimum Gasteiger partial charge on any atom is -0.496 e. The quantitative estimate of drug-likeness (QED) is 0.691. The van der Waals surface area contributed by atoms with Crippen molar-refractivity contribution >= 4 is 17.3 Å². The summed E-state index contributed by atoms with van der Waals surface area (Å²) in [5, 5.41) is 3.13. The van der Waals surface area contributed by atoms with Crippen LogP contribution >= 0.6 is 0 Å². The van der Waals surface area contributed by atoms with Crippen LogP contribution in [0, 0.1) is 5.82 Å². The molecule has 0 radical (unpaired) electrons. The van der Waals surface area contributed by atoms with Crippen molar-refractivity contribution in [3.8, 4) is 11.5 Å². The first kappa shape index (κ1) is 19.5. The molecule has 2 aromatic rings. The van der Waals surface area contributed by atoms with Crippen LogP contribution in [0.15, 0.2) is 36.4 Å². The third-order valence-electron chi connectivity index (χ3n) is 5.49. The fourth-order valence-electron chi connectivity index (χ4n) is 3.92. The maximum atomic E-state index is 13.9. The fraction of sp³-hybridized carbons (Fsp3) is 0.381. The lowest BCUT2D eigenvalue weighted by atomic mass is 9.98. The number of ether oxygens (including phenoxy) is 2. The minimum absolute atomic E-state index is 0.0415. The molecule has 0 aromatic heterocycles. The van der Waals surface area contributed by atoms with Crippen molar-refractivity contribution in [1.29, 1.82) is 0 Å². The van der Waals surface area contributed by atoms with Crippen LogP contribution in [-0.2, 0) is 4.79 Å². The van der Waals surface area contributed by atoms with Gasteiger partial charge in [0.05, 0.1) is 14.2 Å². The Morgan fingerprint density at radius 3 is 2.52 bits per heavy atom. The molecule has 2 heterocycles. The molecule has 2 aromatic carbocycles. The summed E-state index contributed by atoms with van der Waals surface area (Å²) in [7, 11) is 3.07. The van der Waals surface area contributed by atoms with E-state index in [4.69, 9.17) is 9.47 Å². The van der Waals surface area contributed by atoms with Gasteiger partial charge >= 0.3 is 0 Å². The van der Waals surface area contributed by atoms with E-state index >= 15 is 0 Å². The van der Waals surface area contributed by atoms with Gasteiger partial charge in [-0.3, -0.25) is 15.6 Å². The van der Waals surface area contributed by atoms with E-state index in [0.29, 0.717) is 24.6 Å². The summed E-state index contributed by atoms with van der Waals surface area (Å²) in [5.74, 6) is 0.776. The number of nitrogens with zero attached hydrogens (tertiary/aromatic N) is 1. The third-order valence-corrected chi connectivity index (χ3v) is 5.49.